The minimum Gasteiger partial charge on any atom is -0.331 e. The lowest BCUT2D eigenvalue weighted by atomic mass is 9.47. The number of fused-ring (bicyclic) bond motifs is 7. The van der Waals surface area contributed by atoms with Gasteiger partial charge in [-0.1, -0.05) is 89.0 Å². The third kappa shape index (κ3) is 4.71. The van der Waals surface area contributed by atoms with Gasteiger partial charge < -0.3 is 5.32 Å². The SMILES string of the molecule is Cc1cc(C)c(Nc2nc3c(s2)C2=CC[C@@H]4[C@H](CC[C@]5(C)C(C(C)CCCC(C)C)CC[C@@H]45)[C@@]2(C)CC3)c(C)c1. The predicted octanol–water partition coefficient (Wildman–Crippen LogP) is 11.1. The van der Waals surface area contributed by atoms with E-state index >= 15 is 0 Å². The molecule has 0 saturated heterocycles. The Morgan fingerprint density at radius 1 is 0.975 bits per heavy atom. The largest absolute Gasteiger partial charge is 0.331 e. The molecule has 2 fully saturated rings. The average Bonchev–Trinajstić information content (AvgIpc) is 3.46. The minimum atomic E-state index is 0.317. The van der Waals surface area contributed by atoms with E-state index in [1.165, 1.54) is 90.7 Å². The van der Waals surface area contributed by atoms with Crippen molar-refractivity contribution in [3.63, 3.8) is 0 Å². The Morgan fingerprint density at radius 3 is 2.45 bits per heavy atom. The van der Waals surface area contributed by atoms with Crippen LogP contribution in [0.25, 0.3) is 5.57 Å². The topological polar surface area (TPSA) is 24.9 Å². The van der Waals surface area contributed by atoms with E-state index in [0.29, 0.717) is 10.8 Å². The Labute approximate surface area is 248 Å². The molecule has 2 unspecified atom stereocenters. The Morgan fingerprint density at radius 2 is 1.73 bits per heavy atom. The number of rotatable bonds is 7. The van der Waals surface area contributed by atoms with Crippen molar-refractivity contribution in [2.45, 2.75) is 120 Å². The smallest absolute Gasteiger partial charge is 0.187 e. The second-order valence-electron chi connectivity index (χ2n) is 15.4. The van der Waals surface area contributed by atoms with Crippen LogP contribution in [0.3, 0.4) is 0 Å². The zero-order chi connectivity index (χ0) is 28.4. The fourth-order valence-electron chi connectivity index (χ4n) is 10.4. The van der Waals surface area contributed by atoms with Crippen LogP contribution in [0.15, 0.2) is 18.2 Å². The first-order valence-corrected chi connectivity index (χ1v) is 17.4. The number of thiazole rings is 1. The maximum absolute atomic E-state index is 5.17. The van der Waals surface area contributed by atoms with E-state index in [1.54, 1.807) is 5.57 Å². The van der Waals surface area contributed by atoms with Crippen LogP contribution in [-0.2, 0) is 6.42 Å². The molecule has 40 heavy (non-hydrogen) atoms. The van der Waals surface area contributed by atoms with Gasteiger partial charge in [0, 0.05) is 5.69 Å². The number of allylic oxidation sites excluding steroid dienone is 2. The molecule has 0 aliphatic heterocycles. The third-order valence-electron chi connectivity index (χ3n) is 12.4. The first-order valence-electron chi connectivity index (χ1n) is 16.6. The van der Waals surface area contributed by atoms with Crippen LogP contribution in [0.5, 0.6) is 0 Å². The van der Waals surface area contributed by atoms with E-state index in [0.717, 1.165) is 47.1 Å². The van der Waals surface area contributed by atoms with Crippen LogP contribution in [-0.4, -0.2) is 4.98 Å². The van der Waals surface area contributed by atoms with Crippen molar-refractivity contribution in [1.82, 2.24) is 4.98 Å². The summed E-state index contributed by atoms with van der Waals surface area (Å²) >= 11 is 1.92. The van der Waals surface area contributed by atoms with Gasteiger partial charge in [0.2, 0.25) is 0 Å². The first-order chi connectivity index (χ1) is 19.0. The van der Waals surface area contributed by atoms with Crippen molar-refractivity contribution in [2.75, 3.05) is 5.32 Å². The highest BCUT2D eigenvalue weighted by Gasteiger charge is 2.59. The van der Waals surface area contributed by atoms with Crippen molar-refractivity contribution in [3.05, 3.63) is 45.5 Å². The van der Waals surface area contributed by atoms with E-state index in [2.05, 4.69) is 78.9 Å². The van der Waals surface area contributed by atoms with Crippen LogP contribution in [0.2, 0.25) is 0 Å². The molecular weight excluding hydrogens is 504 g/mol. The Hall–Kier alpha value is -1.61. The lowest BCUT2D eigenvalue weighted by Crippen LogP contribution is -2.49. The van der Waals surface area contributed by atoms with Crippen molar-refractivity contribution < 1.29 is 0 Å². The van der Waals surface area contributed by atoms with Gasteiger partial charge >= 0.3 is 0 Å². The number of aryl methyl sites for hydroxylation is 4. The van der Waals surface area contributed by atoms with E-state index < -0.39 is 0 Å². The summed E-state index contributed by atoms with van der Waals surface area (Å²) in [6, 6.07) is 4.56. The number of hydrogen-bond donors (Lipinski definition) is 1. The molecule has 1 heterocycles. The molecule has 0 spiro atoms. The molecule has 4 aliphatic carbocycles. The van der Waals surface area contributed by atoms with E-state index in [9.17, 15) is 0 Å². The summed E-state index contributed by atoms with van der Waals surface area (Å²) in [5.41, 5.74) is 9.05. The molecule has 6 rings (SSSR count). The lowest BCUT2D eigenvalue weighted by molar-refractivity contribution is -0.0392. The zero-order valence-corrected chi connectivity index (χ0v) is 27.4. The maximum atomic E-state index is 5.17. The predicted molar refractivity (Wildman–Crippen MR) is 173 cm³/mol. The summed E-state index contributed by atoms with van der Waals surface area (Å²) in [4.78, 5) is 6.67. The van der Waals surface area contributed by atoms with E-state index in [4.69, 9.17) is 4.98 Å². The van der Waals surface area contributed by atoms with Crippen molar-refractivity contribution >= 4 is 27.7 Å². The van der Waals surface area contributed by atoms with Gasteiger partial charge in [0.1, 0.15) is 0 Å². The summed E-state index contributed by atoms with van der Waals surface area (Å²) < 4.78 is 0. The molecule has 1 N–H and O–H groups in total. The van der Waals surface area contributed by atoms with Crippen molar-refractivity contribution in [2.24, 2.45) is 46.3 Å². The number of benzene rings is 1. The number of anilines is 2. The summed E-state index contributed by atoms with van der Waals surface area (Å²) in [5.74, 6) is 5.31. The molecule has 218 valence electrons. The van der Waals surface area contributed by atoms with Crippen molar-refractivity contribution in [3.8, 4) is 0 Å². The van der Waals surface area contributed by atoms with Gasteiger partial charge in [-0.05, 0) is 129 Å². The van der Waals surface area contributed by atoms with Gasteiger partial charge in [-0.2, -0.15) is 0 Å². The normalized spacial score (nSPS) is 33.6. The monoisotopic (exact) mass is 558 g/mol. The van der Waals surface area contributed by atoms with Crippen LogP contribution >= 0.6 is 11.3 Å². The fraction of sp³-hybridized carbons (Fsp3) is 0.703. The molecule has 7 atom stereocenters. The molecule has 0 radical (unpaired) electrons. The molecule has 3 heteroatoms. The Bertz CT molecular complexity index is 1260. The summed E-state index contributed by atoms with van der Waals surface area (Å²) in [6.07, 6.45) is 16.5. The highest BCUT2D eigenvalue weighted by atomic mass is 32.1. The Kier molecular flexibility index (Phi) is 7.54. The van der Waals surface area contributed by atoms with Crippen LogP contribution in [0, 0.1) is 67.1 Å². The first kappa shape index (κ1) is 28.5. The summed E-state index contributed by atoms with van der Waals surface area (Å²) in [5, 5.41) is 4.82. The number of hydrogen-bond acceptors (Lipinski definition) is 3. The molecule has 1 aromatic heterocycles. The second-order valence-corrected chi connectivity index (χ2v) is 16.4. The van der Waals surface area contributed by atoms with Crippen LogP contribution in [0.4, 0.5) is 10.8 Å². The van der Waals surface area contributed by atoms with E-state index in [1.807, 2.05) is 11.3 Å². The van der Waals surface area contributed by atoms with Gasteiger partial charge in [0.15, 0.2) is 5.13 Å². The molecular formula is C37H54N2S. The molecule has 2 nitrogen and oxygen atoms in total. The van der Waals surface area contributed by atoms with Gasteiger partial charge in [-0.3, -0.25) is 0 Å². The van der Waals surface area contributed by atoms with Gasteiger partial charge in [-0.25, -0.2) is 4.98 Å². The maximum Gasteiger partial charge on any atom is 0.187 e. The second kappa shape index (κ2) is 10.6. The summed E-state index contributed by atoms with van der Waals surface area (Å²) in [6.45, 7) is 19.3. The molecule has 0 amide bonds. The molecule has 4 aliphatic rings. The number of aromatic nitrogens is 1. The third-order valence-corrected chi connectivity index (χ3v) is 13.4. The average molecular weight is 559 g/mol. The Balaban J connectivity index is 1.23. The zero-order valence-electron chi connectivity index (χ0n) is 26.6. The van der Waals surface area contributed by atoms with Gasteiger partial charge in [0.25, 0.3) is 0 Å². The standard InChI is InChI=1S/C37H54N2S/c1-22(2)10-9-11-24(4)28-14-15-29-27-12-13-31-34-32(17-19-37(31,8)30(27)16-18-36(28,29)7)38-35(40-34)39-33-25(5)20-23(3)21-26(33)6/h13,20-22,24,27-30H,9-12,14-19H2,1-8H3,(H,38,39)/t24?,27-,28?,29-,30-,36+,37+/m0/s1. The van der Waals surface area contributed by atoms with Crippen molar-refractivity contribution in [1.29, 1.82) is 0 Å². The molecule has 1 aromatic carbocycles. The summed E-state index contributed by atoms with van der Waals surface area (Å²) in [7, 11) is 0. The number of nitrogens with zero attached hydrogens (tertiary/aromatic N) is 1. The van der Waals surface area contributed by atoms with Gasteiger partial charge in [0.05, 0.1) is 10.6 Å². The number of nitrogens with one attached hydrogen (secondary N) is 1. The van der Waals surface area contributed by atoms with Crippen LogP contribution < -0.4 is 5.32 Å². The molecule has 0 bridgehead atoms. The van der Waals surface area contributed by atoms with Gasteiger partial charge in [-0.15, -0.1) is 0 Å². The highest BCUT2D eigenvalue weighted by molar-refractivity contribution is 7.16. The minimum absolute atomic E-state index is 0.317. The molecule has 2 saturated carbocycles. The highest BCUT2D eigenvalue weighted by Crippen LogP contribution is 2.68. The van der Waals surface area contributed by atoms with Crippen LogP contribution in [0.1, 0.15) is 120 Å². The van der Waals surface area contributed by atoms with E-state index in [-0.39, 0.29) is 0 Å². The molecule has 2 aromatic rings. The quantitative estimate of drug-likeness (QED) is 0.365. The lowest BCUT2D eigenvalue weighted by Gasteiger charge is -2.57. The fourth-order valence-corrected chi connectivity index (χ4v) is 11.6.